The Morgan fingerprint density at radius 2 is 2.09 bits per heavy atom. The molecule has 3 rings (SSSR count). The first-order chi connectivity index (χ1) is 10.7. The van der Waals surface area contributed by atoms with Crippen LogP contribution in [0.25, 0.3) is 0 Å². The van der Waals surface area contributed by atoms with Gasteiger partial charge in [0.15, 0.2) is 0 Å². The van der Waals surface area contributed by atoms with Crippen molar-refractivity contribution in [1.82, 2.24) is 10.6 Å². The fourth-order valence-electron chi connectivity index (χ4n) is 3.59. The first-order valence-corrected chi connectivity index (χ1v) is 9.14. The summed E-state index contributed by atoms with van der Waals surface area (Å²) in [5, 5.41) is 6.55. The van der Waals surface area contributed by atoms with Gasteiger partial charge in [-0.05, 0) is 63.2 Å². The molecule has 0 spiro atoms. The number of aryl methyl sites for hydroxylation is 2. The van der Waals surface area contributed by atoms with E-state index in [1.165, 1.54) is 23.3 Å². The molecule has 1 aromatic heterocycles. The number of nitrogens with one attached hydrogen (secondary N) is 2. The summed E-state index contributed by atoms with van der Waals surface area (Å²) < 4.78 is 5.41. The Morgan fingerprint density at radius 1 is 1.35 bits per heavy atom. The van der Waals surface area contributed by atoms with Gasteiger partial charge in [0.05, 0.1) is 11.5 Å². The van der Waals surface area contributed by atoms with Crippen LogP contribution in [-0.2, 0) is 17.6 Å². The highest BCUT2D eigenvalue weighted by Gasteiger charge is 2.32. The van der Waals surface area contributed by atoms with Gasteiger partial charge in [0.2, 0.25) is 0 Å². The van der Waals surface area contributed by atoms with E-state index >= 15 is 0 Å². The van der Waals surface area contributed by atoms with Crippen LogP contribution in [0, 0.1) is 5.41 Å². The number of hydrogen-bond acceptors (Lipinski definition) is 4. The molecule has 1 aliphatic carbocycles. The van der Waals surface area contributed by atoms with E-state index in [2.05, 4.69) is 16.7 Å². The molecule has 1 aromatic rings. The second-order valence-electron chi connectivity index (χ2n) is 6.63. The van der Waals surface area contributed by atoms with Crippen molar-refractivity contribution in [2.24, 2.45) is 5.41 Å². The third-order valence-electron chi connectivity index (χ3n) is 4.96. The fraction of sp³-hybridized carbons (Fsp3) is 0.706. The van der Waals surface area contributed by atoms with Crippen LogP contribution in [0.4, 0.5) is 0 Å². The fourth-order valence-corrected chi connectivity index (χ4v) is 4.76. The average molecular weight is 359 g/mol. The van der Waals surface area contributed by atoms with E-state index in [1.807, 2.05) is 0 Å². The summed E-state index contributed by atoms with van der Waals surface area (Å²) in [6.45, 7) is 3.44. The maximum absolute atomic E-state index is 12.5. The van der Waals surface area contributed by atoms with Crippen molar-refractivity contribution in [3.8, 4) is 0 Å². The molecule has 1 aliphatic heterocycles. The van der Waals surface area contributed by atoms with E-state index in [9.17, 15) is 4.79 Å². The number of hydrogen-bond donors (Lipinski definition) is 2. The first kappa shape index (κ1) is 18.7. The van der Waals surface area contributed by atoms with Crippen LogP contribution in [0.5, 0.6) is 0 Å². The summed E-state index contributed by atoms with van der Waals surface area (Å²) in [6.07, 6.45) is 6.92. The lowest BCUT2D eigenvalue weighted by molar-refractivity contribution is 0.0512. The van der Waals surface area contributed by atoms with Crippen molar-refractivity contribution in [3.05, 3.63) is 21.4 Å². The predicted molar refractivity (Wildman–Crippen MR) is 97.0 cm³/mol. The minimum atomic E-state index is 0. The van der Waals surface area contributed by atoms with Crippen LogP contribution in [-0.4, -0.2) is 39.3 Å². The summed E-state index contributed by atoms with van der Waals surface area (Å²) in [5.41, 5.74) is 1.49. The van der Waals surface area contributed by atoms with Gasteiger partial charge < -0.3 is 15.4 Å². The molecule has 2 heterocycles. The molecule has 0 saturated carbocycles. The maximum Gasteiger partial charge on any atom is 0.261 e. The van der Waals surface area contributed by atoms with Crippen molar-refractivity contribution >= 4 is 29.7 Å². The van der Waals surface area contributed by atoms with Crippen molar-refractivity contribution in [1.29, 1.82) is 0 Å². The number of thiophene rings is 1. The van der Waals surface area contributed by atoms with E-state index in [4.69, 9.17) is 4.74 Å². The lowest BCUT2D eigenvalue weighted by atomic mass is 9.79. The number of carbonyl (C=O) groups excluding carboxylic acids is 1. The summed E-state index contributed by atoms with van der Waals surface area (Å²) in [5.74, 6) is 0.0911. The van der Waals surface area contributed by atoms with Gasteiger partial charge in [-0.1, -0.05) is 0 Å². The first-order valence-electron chi connectivity index (χ1n) is 8.32. The van der Waals surface area contributed by atoms with Crippen LogP contribution < -0.4 is 10.6 Å². The zero-order chi connectivity index (χ0) is 15.4. The number of methoxy groups -OCH3 is 1. The van der Waals surface area contributed by atoms with Crippen molar-refractivity contribution in [2.45, 2.75) is 38.5 Å². The van der Waals surface area contributed by atoms with Gasteiger partial charge >= 0.3 is 0 Å². The van der Waals surface area contributed by atoms with E-state index in [0.29, 0.717) is 6.54 Å². The monoisotopic (exact) mass is 358 g/mol. The number of amides is 1. The lowest BCUT2D eigenvalue weighted by Gasteiger charge is -2.37. The molecular weight excluding hydrogens is 332 g/mol. The van der Waals surface area contributed by atoms with Crippen LogP contribution in [0.3, 0.4) is 0 Å². The molecule has 0 atom stereocenters. The van der Waals surface area contributed by atoms with Crippen LogP contribution >= 0.6 is 23.7 Å². The Labute approximate surface area is 148 Å². The highest BCUT2D eigenvalue weighted by Crippen LogP contribution is 2.31. The van der Waals surface area contributed by atoms with Crippen LogP contribution in [0.15, 0.2) is 6.07 Å². The largest absolute Gasteiger partial charge is 0.384 e. The van der Waals surface area contributed by atoms with E-state index in [1.54, 1.807) is 18.4 Å². The number of fused-ring (bicyclic) bond motifs is 1. The molecule has 1 fully saturated rings. The SMILES string of the molecule is COCC1(CNC(=O)c2cc3c(s2)CCCC3)CCNCC1.Cl. The van der Waals surface area contributed by atoms with E-state index < -0.39 is 0 Å². The van der Waals surface area contributed by atoms with Crippen LogP contribution in [0.2, 0.25) is 0 Å². The topological polar surface area (TPSA) is 50.4 Å². The third-order valence-corrected chi connectivity index (χ3v) is 6.19. The molecular formula is C17H27ClN2O2S. The third kappa shape index (κ3) is 4.47. The minimum absolute atomic E-state index is 0. The van der Waals surface area contributed by atoms with Gasteiger partial charge in [-0.3, -0.25) is 4.79 Å². The molecule has 0 radical (unpaired) electrons. The lowest BCUT2D eigenvalue weighted by Crippen LogP contribution is -2.47. The number of piperidine rings is 1. The Morgan fingerprint density at radius 3 is 2.78 bits per heavy atom. The molecule has 0 aromatic carbocycles. The van der Waals surface area contributed by atoms with Gasteiger partial charge in [-0.15, -0.1) is 23.7 Å². The summed E-state index contributed by atoms with van der Waals surface area (Å²) >= 11 is 1.69. The number of ether oxygens (including phenoxy) is 1. The molecule has 23 heavy (non-hydrogen) atoms. The highest BCUT2D eigenvalue weighted by atomic mass is 35.5. The molecule has 2 aliphatic rings. The van der Waals surface area contributed by atoms with Gasteiger partial charge in [0, 0.05) is 23.9 Å². The number of carbonyl (C=O) groups is 1. The predicted octanol–water partition coefficient (Wildman–Crippen LogP) is 2.79. The van der Waals surface area contributed by atoms with Crippen LogP contribution in [0.1, 0.15) is 45.8 Å². The molecule has 0 bridgehead atoms. The zero-order valence-corrected chi connectivity index (χ0v) is 15.4. The van der Waals surface area contributed by atoms with Gasteiger partial charge in [0.25, 0.3) is 5.91 Å². The highest BCUT2D eigenvalue weighted by molar-refractivity contribution is 7.14. The number of halogens is 1. The van der Waals surface area contributed by atoms with Crippen molar-refractivity contribution < 1.29 is 9.53 Å². The van der Waals surface area contributed by atoms with Crippen molar-refractivity contribution in [3.63, 3.8) is 0 Å². The molecule has 2 N–H and O–H groups in total. The minimum Gasteiger partial charge on any atom is -0.384 e. The zero-order valence-electron chi connectivity index (χ0n) is 13.8. The normalized spacial score (nSPS) is 19.5. The maximum atomic E-state index is 12.5. The Bertz CT molecular complexity index is 498. The standard InChI is InChI=1S/C17H26N2O2S.ClH/c1-21-12-17(6-8-18-9-7-17)11-19-16(20)15-10-13-4-2-3-5-14(13)22-15;/h10,18H,2-9,11-12H2,1H3,(H,19,20);1H. The summed E-state index contributed by atoms with van der Waals surface area (Å²) in [6, 6.07) is 2.11. The quantitative estimate of drug-likeness (QED) is 0.851. The van der Waals surface area contributed by atoms with Gasteiger partial charge in [0.1, 0.15) is 0 Å². The smallest absolute Gasteiger partial charge is 0.261 e. The summed E-state index contributed by atoms with van der Waals surface area (Å²) in [4.78, 5) is 14.8. The molecule has 130 valence electrons. The second kappa shape index (κ2) is 8.47. The molecule has 4 nitrogen and oxygen atoms in total. The van der Waals surface area contributed by atoms with E-state index in [-0.39, 0.29) is 23.7 Å². The number of rotatable bonds is 5. The second-order valence-corrected chi connectivity index (χ2v) is 7.77. The molecule has 6 heteroatoms. The molecule has 0 unspecified atom stereocenters. The summed E-state index contributed by atoms with van der Waals surface area (Å²) in [7, 11) is 1.75. The Kier molecular flexibility index (Phi) is 6.89. The van der Waals surface area contributed by atoms with Gasteiger partial charge in [-0.2, -0.15) is 0 Å². The Balaban J connectivity index is 0.00000192. The van der Waals surface area contributed by atoms with Crippen molar-refractivity contribution in [2.75, 3.05) is 33.4 Å². The van der Waals surface area contributed by atoms with Gasteiger partial charge in [-0.25, -0.2) is 0 Å². The van der Waals surface area contributed by atoms with E-state index in [0.717, 1.165) is 50.3 Å². The average Bonchev–Trinajstić information content (AvgIpc) is 2.98. The molecule has 1 saturated heterocycles. The Hall–Kier alpha value is -0.620. The molecule has 1 amide bonds.